The molecule has 0 saturated carbocycles. The van der Waals surface area contributed by atoms with Crippen LogP contribution in [0.25, 0.3) is 0 Å². The highest BCUT2D eigenvalue weighted by atomic mass is 16.1. The van der Waals surface area contributed by atoms with Crippen LogP contribution in [0.4, 0.5) is 11.8 Å². The van der Waals surface area contributed by atoms with Gasteiger partial charge in [-0.3, -0.25) is 9.78 Å². The van der Waals surface area contributed by atoms with Gasteiger partial charge < -0.3 is 9.80 Å². The lowest BCUT2D eigenvalue weighted by Crippen LogP contribution is -2.26. The highest BCUT2D eigenvalue weighted by Gasteiger charge is 2.28. The topological polar surface area (TPSA) is 88.9 Å². The minimum absolute atomic E-state index is 0.0964. The summed E-state index contributed by atoms with van der Waals surface area (Å²) in [5.74, 6) is 1.59. The summed E-state index contributed by atoms with van der Waals surface area (Å²) in [6, 6.07) is 7.37. The summed E-state index contributed by atoms with van der Waals surface area (Å²) in [5, 5.41) is 9.28. The molecule has 128 valence electrons. The zero-order chi connectivity index (χ0) is 17.2. The molecule has 1 atom stereocenters. The molecule has 0 bridgehead atoms. The Hall–Kier alpha value is -2.88. The molecule has 7 nitrogen and oxygen atoms in total. The molecule has 2 aliphatic rings. The van der Waals surface area contributed by atoms with Gasteiger partial charge in [-0.05, 0) is 31.4 Å². The first-order valence-corrected chi connectivity index (χ1v) is 8.71. The summed E-state index contributed by atoms with van der Waals surface area (Å²) in [7, 11) is 0. The average Bonchev–Trinajstić information content (AvgIpc) is 3.33. The maximum Gasteiger partial charge on any atom is 0.252 e. The van der Waals surface area contributed by atoms with E-state index in [1.165, 1.54) is 0 Å². The molecule has 0 radical (unpaired) electrons. The van der Waals surface area contributed by atoms with Gasteiger partial charge in [0, 0.05) is 44.4 Å². The lowest BCUT2D eigenvalue weighted by atomic mass is 10.1. The molecule has 1 unspecified atom stereocenters. The fraction of sp³-hybridized carbons (Fsp3) is 0.444. The second kappa shape index (κ2) is 6.55. The SMILES string of the molecule is N#Cc1cccnc1N1CCC(c2cc(=O)[nH]c(N3CCCC3)n2)C1. The number of aromatic nitrogens is 3. The Kier molecular flexibility index (Phi) is 4.10. The van der Waals surface area contributed by atoms with Crippen molar-refractivity contribution < 1.29 is 0 Å². The Labute approximate surface area is 145 Å². The first-order valence-electron chi connectivity index (χ1n) is 8.71. The first-order chi connectivity index (χ1) is 12.2. The summed E-state index contributed by atoms with van der Waals surface area (Å²) in [5.41, 5.74) is 1.32. The van der Waals surface area contributed by atoms with Crippen molar-refractivity contribution in [3.05, 3.63) is 46.0 Å². The number of rotatable bonds is 3. The number of anilines is 2. The predicted octanol–water partition coefficient (Wildman–Crippen LogP) is 1.63. The van der Waals surface area contributed by atoms with Gasteiger partial charge >= 0.3 is 0 Å². The van der Waals surface area contributed by atoms with Gasteiger partial charge in [0.05, 0.1) is 11.3 Å². The molecule has 1 N–H and O–H groups in total. The summed E-state index contributed by atoms with van der Waals surface area (Å²) >= 11 is 0. The van der Waals surface area contributed by atoms with E-state index < -0.39 is 0 Å². The van der Waals surface area contributed by atoms with Crippen LogP contribution in [-0.2, 0) is 0 Å². The van der Waals surface area contributed by atoms with Gasteiger partial charge in [0.25, 0.3) is 5.56 Å². The first kappa shape index (κ1) is 15.6. The summed E-state index contributed by atoms with van der Waals surface area (Å²) in [6.45, 7) is 3.43. The highest BCUT2D eigenvalue weighted by Crippen LogP contribution is 2.30. The summed E-state index contributed by atoms with van der Waals surface area (Å²) < 4.78 is 0. The van der Waals surface area contributed by atoms with Crippen LogP contribution in [-0.4, -0.2) is 41.1 Å². The van der Waals surface area contributed by atoms with Crippen molar-refractivity contribution in [3.8, 4) is 6.07 Å². The van der Waals surface area contributed by atoms with Gasteiger partial charge in [0.2, 0.25) is 5.95 Å². The van der Waals surface area contributed by atoms with Crippen LogP contribution >= 0.6 is 0 Å². The molecule has 0 spiro atoms. The molecule has 2 aromatic heterocycles. The van der Waals surface area contributed by atoms with Crippen molar-refractivity contribution in [2.75, 3.05) is 36.0 Å². The fourth-order valence-electron chi connectivity index (χ4n) is 3.68. The van der Waals surface area contributed by atoms with E-state index in [-0.39, 0.29) is 11.5 Å². The van der Waals surface area contributed by atoms with E-state index in [9.17, 15) is 10.1 Å². The maximum absolute atomic E-state index is 12.1. The van der Waals surface area contributed by atoms with E-state index in [1.54, 1.807) is 24.4 Å². The maximum atomic E-state index is 12.1. The molecule has 2 fully saturated rings. The monoisotopic (exact) mass is 336 g/mol. The Morgan fingerprint density at radius 1 is 1.24 bits per heavy atom. The van der Waals surface area contributed by atoms with Crippen LogP contribution in [0.1, 0.15) is 36.4 Å². The number of nitrogens with zero attached hydrogens (tertiary/aromatic N) is 5. The van der Waals surface area contributed by atoms with E-state index in [2.05, 4.69) is 25.8 Å². The number of hydrogen-bond acceptors (Lipinski definition) is 6. The Bertz CT molecular complexity index is 864. The number of nitriles is 1. The minimum Gasteiger partial charge on any atom is -0.355 e. The largest absolute Gasteiger partial charge is 0.355 e. The molecule has 2 saturated heterocycles. The molecule has 4 heterocycles. The van der Waals surface area contributed by atoms with Gasteiger partial charge in [-0.1, -0.05) is 0 Å². The molecule has 0 aliphatic carbocycles. The quantitative estimate of drug-likeness (QED) is 0.916. The van der Waals surface area contributed by atoms with E-state index in [1.807, 2.05) is 0 Å². The van der Waals surface area contributed by atoms with Crippen LogP contribution in [0.5, 0.6) is 0 Å². The minimum atomic E-state index is -0.0964. The van der Waals surface area contributed by atoms with Crippen molar-refractivity contribution in [2.45, 2.75) is 25.2 Å². The standard InChI is InChI=1S/C18H20N6O/c19-11-13-4-3-6-20-17(13)24-9-5-14(12-24)15-10-16(25)22-18(21-15)23-7-1-2-8-23/h3-4,6,10,14H,1-2,5,7-9,12H2,(H,21,22,25). The van der Waals surface area contributed by atoms with Crippen molar-refractivity contribution in [1.29, 1.82) is 5.26 Å². The van der Waals surface area contributed by atoms with E-state index in [0.29, 0.717) is 11.5 Å². The molecule has 0 aromatic carbocycles. The third kappa shape index (κ3) is 3.07. The van der Waals surface area contributed by atoms with Gasteiger partial charge in [0.1, 0.15) is 11.9 Å². The summed E-state index contributed by atoms with van der Waals surface area (Å²) in [6.07, 6.45) is 4.89. The van der Waals surface area contributed by atoms with Crippen molar-refractivity contribution in [2.24, 2.45) is 0 Å². The van der Waals surface area contributed by atoms with Gasteiger partial charge in [-0.15, -0.1) is 0 Å². The molecule has 25 heavy (non-hydrogen) atoms. The van der Waals surface area contributed by atoms with Crippen molar-refractivity contribution >= 4 is 11.8 Å². The van der Waals surface area contributed by atoms with Crippen LogP contribution in [0.2, 0.25) is 0 Å². The van der Waals surface area contributed by atoms with Crippen molar-refractivity contribution in [3.63, 3.8) is 0 Å². The zero-order valence-electron chi connectivity index (χ0n) is 14.0. The number of aromatic amines is 1. The van der Waals surface area contributed by atoms with Gasteiger partial charge in [-0.25, -0.2) is 9.97 Å². The van der Waals surface area contributed by atoms with Crippen LogP contribution in [0.3, 0.4) is 0 Å². The van der Waals surface area contributed by atoms with Gasteiger partial charge in [0.15, 0.2) is 0 Å². The van der Waals surface area contributed by atoms with Crippen molar-refractivity contribution in [1.82, 2.24) is 15.0 Å². The zero-order valence-corrected chi connectivity index (χ0v) is 14.0. The van der Waals surface area contributed by atoms with E-state index >= 15 is 0 Å². The molecule has 2 aromatic rings. The Morgan fingerprint density at radius 2 is 2.08 bits per heavy atom. The fourth-order valence-corrected chi connectivity index (χ4v) is 3.68. The molecular weight excluding hydrogens is 316 g/mol. The van der Waals surface area contributed by atoms with Gasteiger partial charge in [-0.2, -0.15) is 5.26 Å². The lowest BCUT2D eigenvalue weighted by molar-refractivity contribution is 0.729. The summed E-state index contributed by atoms with van der Waals surface area (Å²) in [4.78, 5) is 28.3. The molecule has 2 aliphatic heterocycles. The van der Waals surface area contributed by atoms with Crippen LogP contribution in [0, 0.1) is 11.3 Å². The van der Waals surface area contributed by atoms with E-state index in [4.69, 9.17) is 4.98 Å². The number of nitrogens with one attached hydrogen (secondary N) is 1. The Morgan fingerprint density at radius 3 is 2.88 bits per heavy atom. The number of H-pyrrole nitrogens is 1. The third-order valence-electron chi connectivity index (χ3n) is 4.97. The van der Waals surface area contributed by atoms with E-state index in [0.717, 1.165) is 57.0 Å². The Balaban J connectivity index is 1.58. The van der Waals surface area contributed by atoms with Crippen LogP contribution in [0.15, 0.2) is 29.2 Å². The highest BCUT2D eigenvalue weighted by molar-refractivity contribution is 5.54. The molecule has 0 amide bonds. The second-order valence-corrected chi connectivity index (χ2v) is 6.61. The predicted molar refractivity (Wildman–Crippen MR) is 94.8 cm³/mol. The average molecular weight is 336 g/mol. The second-order valence-electron chi connectivity index (χ2n) is 6.61. The lowest BCUT2D eigenvalue weighted by Gasteiger charge is -2.19. The molecule has 7 heteroatoms. The third-order valence-corrected chi connectivity index (χ3v) is 4.97. The number of hydrogen-bond donors (Lipinski definition) is 1. The number of pyridine rings is 1. The van der Waals surface area contributed by atoms with Crippen LogP contribution < -0.4 is 15.4 Å². The molecule has 4 rings (SSSR count). The normalized spacial score (nSPS) is 20.0. The smallest absolute Gasteiger partial charge is 0.252 e. The molecular formula is C18H20N6O.